The van der Waals surface area contributed by atoms with E-state index in [0.717, 1.165) is 12.3 Å². The van der Waals surface area contributed by atoms with Crippen LogP contribution in [0.25, 0.3) is 5.57 Å². The van der Waals surface area contributed by atoms with E-state index in [2.05, 4.69) is 51.1 Å². The minimum Gasteiger partial charge on any atom is -0.497 e. The molecule has 0 saturated carbocycles. The van der Waals surface area contributed by atoms with Gasteiger partial charge in [0.05, 0.1) is 7.11 Å². The first kappa shape index (κ1) is 17.0. The first-order valence-electron chi connectivity index (χ1n) is 6.03. The van der Waals surface area contributed by atoms with Crippen LogP contribution in [0.1, 0.15) is 19.4 Å². The van der Waals surface area contributed by atoms with Crippen molar-refractivity contribution in [1.82, 2.24) is 4.90 Å². The summed E-state index contributed by atoms with van der Waals surface area (Å²) in [6, 6.07) is 8.26. The summed E-state index contributed by atoms with van der Waals surface area (Å²) < 4.78 is 5.27. The number of hydrogen-bond acceptors (Lipinski definition) is 2. The predicted molar refractivity (Wildman–Crippen MR) is 81.6 cm³/mol. The number of halogens is 1. The van der Waals surface area contributed by atoms with Crippen LogP contribution in [0.3, 0.4) is 0 Å². The van der Waals surface area contributed by atoms with E-state index in [1.807, 2.05) is 12.1 Å². The molecular formula is C15H24ClNO. The third-order valence-electron chi connectivity index (χ3n) is 2.88. The van der Waals surface area contributed by atoms with Gasteiger partial charge in [-0.3, -0.25) is 0 Å². The second kappa shape index (κ2) is 8.17. The summed E-state index contributed by atoms with van der Waals surface area (Å²) in [5.41, 5.74) is 2.62. The molecule has 0 aromatic heterocycles. The number of methoxy groups -OCH3 is 1. The minimum absolute atomic E-state index is 0. The van der Waals surface area contributed by atoms with E-state index in [1.165, 1.54) is 11.1 Å². The van der Waals surface area contributed by atoms with Gasteiger partial charge >= 0.3 is 0 Å². The summed E-state index contributed by atoms with van der Waals surface area (Å²) in [6.45, 7) is 5.41. The van der Waals surface area contributed by atoms with Crippen molar-refractivity contribution < 1.29 is 4.74 Å². The molecule has 1 atom stereocenters. The van der Waals surface area contributed by atoms with Gasteiger partial charge in [-0.15, -0.1) is 12.4 Å². The monoisotopic (exact) mass is 269 g/mol. The Balaban J connectivity index is 0.00000289. The number of ether oxygens (including phenoxy) is 1. The number of allylic oxidation sites excluding steroid dienone is 1. The Bertz CT molecular complexity index is 388. The fourth-order valence-electron chi connectivity index (χ4n) is 2.18. The van der Waals surface area contributed by atoms with E-state index in [0.29, 0.717) is 5.92 Å². The Kier molecular flexibility index (Phi) is 7.72. The molecule has 0 aliphatic rings. The summed E-state index contributed by atoms with van der Waals surface area (Å²) in [5.74, 6) is 1.43. The Morgan fingerprint density at radius 2 is 2.06 bits per heavy atom. The lowest BCUT2D eigenvalue weighted by Gasteiger charge is -2.20. The molecule has 3 heteroatoms. The van der Waals surface area contributed by atoms with Gasteiger partial charge < -0.3 is 9.64 Å². The molecule has 102 valence electrons. The van der Waals surface area contributed by atoms with Crippen molar-refractivity contribution in [3.05, 3.63) is 35.9 Å². The molecule has 0 aliphatic heterocycles. The number of rotatable bonds is 5. The molecule has 0 spiro atoms. The average Bonchev–Trinajstić information content (AvgIpc) is 2.29. The molecule has 0 saturated heterocycles. The van der Waals surface area contributed by atoms with Gasteiger partial charge in [-0.25, -0.2) is 0 Å². The maximum absolute atomic E-state index is 5.27. The highest BCUT2D eigenvalue weighted by Gasteiger charge is 2.11. The van der Waals surface area contributed by atoms with Gasteiger partial charge in [0, 0.05) is 6.54 Å². The lowest BCUT2D eigenvalue weighted by atomic mass is 9.93. The second-order valence-corrected chi connectivity index (χ2v) is 4.64. The smallest absolute Gasteiger partial charge is 0.119 e. The lowest BCUT2D eigenvalue weighted by Crippen LogP contribution is -2.20. The van der Waals surface area contributed by atoms with Crippen molar-refractivity contribution >= 4 is 18.0 Å². The Morgan fingerprint density at radius 3 is 2.56 bits per heavy atom. The van der Waals surface area contributed by atoms with Crippen LogP contribution < -0.4 is 4.74 Å². The molecule has 2 nitrogen and oxygen atoms in total. The first-order chi connectivity index (χ1) is 8.08. The molecule has 0 aliphatic carbocycles. The van der Waals surface area contributed by atoms with E-state index < -0.39 is 0 Å². The molecule has 0 N–H and O–H groups in total. The lowest BCUT2D eigenvalue weighted by molar-refractivity contribution is 0.375. The predicted octanol–water partition coefficient (Wildman–Crippen LogP) is 3.72. The van der Waals surface area contributed by atoms with Gasteiger partial charge in [-0.05, 0) is 50.2 Å². The zero-order chi connectivity index (χ0) is 12.8. The summed E-state index contributed by atoms with van der Waals surface area (Å²) in [7, 11) is 5.92. The maximum Gasteiger partial charge on any atom is 0.119 e. The largest absolute Gasteiger partial charge is 0.497 e. The first-order valence-corrected chi connectivity index (χ1v) is 6.03. The molecule has 0 bridgehead atoms. The van der Waals surface area contributed by atoms with Crippen molar-refractivity contribution in [2.24, 2.45) is 5.92 Å². The summed E-state index contributed by atoms with van der Waals surface area (Å²) in [5, 5.41) is 0. The third kappa shape index (κ3) is 4.71. The van der Waals surface area contributed by atoms with Crippen LogP contribution in [0.15, 0.2) is 30.3 Å². The van der Waals surface area contributed by atoms with Gasteiger partial charge in [0.1, 0.15) is 5.75 Å². The fraction of sp³-hybridized carbons (Fsp3) is 0.467. The molecule has 1 rings (SSSR count). The molecule has 1 aromatic carbocycles. The van der Waals surface area contributed by atoms with Crippen LogP contribution in [0.5, 0.6) is 5.75 Å². The van der Waals surface area contributed by atoms with Crippen molar-refractivity contribution in [3.8, 4) is 5.75 Å². The van der Waals surface area contributed by atoms with Crippen LogP contribution >= 0.6 is 12.4 Å². The second-order valence-electron chi connectivity index (χ2n) is 4.64. The zero-order valence-corrected chi connectivity index (χ0v) is 12.8. The van der Waals surface area contributed by atoms with Crippen LogP contribution in [0.4, 0.5) is 0 Å². The molecule has 0 radical (unpaired) electrons. The van der Waals surface area contributed by atoms with Gasteiger partial charge in [0.2, 0.25) is 0 Å². The summed E-state index contributed by atoms with van der Waals surface area (Å²) in [4.78, 5) is 2.22. The number of nitrogens with zero attached hydrogens (tertiary/aromatic N) is 1. The molecule has 1 aromatic rings. The minimum atomic E-state index is 0. The van der Waals surface area contributed by atoms with Gasteiger partial charge in [0.25, 0.3) is 0 Å². The normalized spacial score (nSPS) is 13.1. The maximum atomic E-state index is 5.27. The molecule has 18 heavy (non-hydrogen) atoms. The quantitative estimate of drug-likeness (QED) is 0.808. The molecule has 0 fully saturated rings. The molecule has 0 heterocycles. The highest BCUT2D eigenvalue weighted by molar-refractivity contribution is 5.85. The van der Waals surface area contributed by atoms with E-state index in [1.54, 1.807) is 7.11 Å². The van der Waals surface area contributed by atoms with E-state index >= 15 is 0 Å². The van der Waals surface area contributed by atoms with Crippen molar-refractivity contribution in [2.45, 2.75) is 13.8 Å². The third-order valence-corrected chi connectivity index (χ3v) is 2.88. The number of hydrogen-bond donors (Lipinski definition) is 0. The van der Waals surface area contributed by atoms with Gasteiger partial charge in [-0.2, -0.15) is 0 Å². The highest BCUT2D eigenvalue weighted by atomic mass is 35.5. The van der Waals surface area contributed by atoms with E-state index in [4.69, 9.17) is 4.74 Å². The van der Waals surface area contributed by atoms with Gasteiger partial charge in [-0.1, -0.05) is 25.1 Å². The Morgan fingerprint density at radius 1 is 1.39 bits per heavy atom. The standard InChI is InChI=1S/C15H23NO.ClH/c1-6-15(12(2)11-16(3)4)13-8-7-9-14(10-13)17-5;/h6-10,12H,11H2,1-5H3;1H/t12-;/m0./s1. The molecule has 0 amide bonds. The Hall–Kier alpha value is -0.990. The van der Waals surface area contributed by atoms with Crippen molar-refractivity contribution in [3.63, 3.8) is 0 Å². The SMILES string of the molecule is CC=C(c1cccc(OC)c1)[C@@H](C)CN(C)C.Cl. The van der Waals surface area contributed by atoms with Gasteiger partial charge in [0.15, 0.2) is 0 Å². The average molecular weight is 270 g/mol. The van der Waals surface area contributed by atoms with Crippen LogP contribution in [-0.4, -0.2) is 32.6 Å². The summed E-state index contributed by atoms with van der Waals surface area (Å²) in [6.07, 6.45) is 2.20. The number of benzene rings is 1. The topological polar surface area (TPSA) is 12.5 Å². The zero-order valence-electron chi connectivity index (χ0n) is 11.9. The van der Waals surface area contributed by atoms with Crippen molar-refractivity contribution in [1.29, 1.82) is 0 Å². The molecular weight excluding hydrogens is 246 g/mol. The highest BCUT2D eigenvalue weighted by Crippen LogP contribution is 2.26. The fourth-order valence-corrected chi connectivity index (χ4v) is 2.18. The van der Waals surface area contributed by atoms with Crippen LogP contribution in [-0.2, 0) is 0 Å². The van der Waals surface area contributed by atoms with E-state index in [9.17, 15) is 0 Å². The van der Waals surface area contributed by atoms with Crippen molar-refractivity contribution in [2.75, 3.05) is 27.7 Å². The van der Waals surface area contributed by atoms with Crippen LogP contribution in [0.2, 0.25) is 0 Å². The molecule has 0 unspecified atom stereocenters. The Labute approximate surface area is 117 Å². The van der Waals surface area contributed by atoms with E-state index in [-0.39, 0.29) is 12.4 Å². The summed E-state index contributed by atoms with van der Waals surface area (Å²) >= 11 is 0. The van der Waals surface area contributed by atoms with Crippen LogP contribution in [0, 0.1) is 5.92 Å².